The molecule has 0 aliphatic carbocycles. The van der Waals surface area contributed by atoms with Crippen LogP contribution in [0.4, 0.5) is 13.2 Å². The molecule has 29 heavy (non-hydrogen) atoms. The van der Waals surface area contributed by atoms with E-state index in [1.807, 2.05) is 0 Å². The fraction of sp³-hybridized carbons (Fsp3) is 0.600. The lowest BCUT2D eigenvalue weighted by molar-refractivity contribution is -0.192. The number of rotatable bonds is 3. The molecule has 162 valence electrons. The Hall–Kier alpha value is -2.13. The van der Waals surface area contributed by atoms with Crippen LogP contribution < -0.4 is 0 Å². The molecule has 3 atom stereocenters. The molecule has 2 aliphatic heterocycles. The summed E-state index contributed by atoms with van der Waals surface area (Å²) in [7, 11) is 3.61. The van der Waals surface area contributed by atoms with Gasteiger partial charge in [-0.15, -0.1) is 0 Å². The number of fused-ring (bicyclic) bond motifs is 1. The summed E-state index contributed by atoms with van der Waals surface area (Å²) < 4.78 is 37.8. The Labute approximate surface area is 168 Å². The second-order valence-electron chi connectivity index (χ2n) is 7.70. The smallest absolute Gasteiger partial charge is 0.475 e. The number of carboxylic acids is 1. The minimum Gasteiger partial charge on any atom is -0.475 e. The first-order valence-corrected chi connectivity index (χ1v) is 9.42. The number of carboxylic acid groups (broad SMARTS) is 1. The number of hydrogen-bond donors (Lipinski definition) is 1. The number of likely N-dealkylation sites (tertiary alicyclic amines) is 1. The topological polar surface area (TPSA) is 70.1 Å². The Kier molecular flexibility index (Phi) is 7.65. The van der Waals surface area contributed by atoms with Gasteiger partial charge >= 0.3 is 12.1 Å². The quantitative estimate of drug-likeness (QED) is 0.821. The third kappa shape index (κ3) is 6.71. The predicted molar refractivity (Wildman–Crippen MR) is 100 cm³/mol. The van der Waals surface area contributed by atoms with E-state index in [9.17, 15) is 18.0 Å². The number of nitrogens with zero attached hydrogens (tertiary/aromatic N) is 2. The number of aryl methyl sites for hydroxylation is 1. The number of amides is 1. The van der Waals surface area contributed by atoms with Crippen molar-refractivity contribution < 1.29 is 32.6 Å². The lowest BCUT2D eigenvalue weighted by atomic mass is 9.91. The molecule has 3 rings (SSSR count). The molecule has 1 N–H and O–H groups in total. The van der Waals surface area contributed by atoms with E-state index in [4.69, 9.17) is 14.6 Å². The van der Waals surface area contributed by atoms with Crippen LogP contribution in [0.2, 0.25) is 0 Å². The molecule has 9 heteroatoms. The molecule has 0 spiro atoms. The molecule has 0 aromatic heterocycles. The second kappa shape index (κ2) is 9.58. The SMILES string of the molecule is Cc1ccc(CN2CC[C@H]3C[C@H](C(=O)N(C)C)O[C@H]3C2)cc1.O=C(O)C(F)(F)F. The van der Waals surface area contributed by atoms with Crippen molar-refractivity contribution in [3.8, 4) is 0 Å². The molecular weight excluding hydrogens is 389 g/mol. The average Bonchev–Trinajstić information content (AvgIpc) is 3.06. The molecule has 0 bridgehead atoms. The molecule has 1 amide bonds. The van der Waals surface area contributed by atoms with Gasteiger partial charge in [0.2, 0.25) is 0 Å². The molecule has 1 aromatic carbocycles. The third-order valence-electron chi connectivity index (χ3n) is 5.12. The normalized spacial score (nSPS) is 24.3. The lowest BCUT2D eigenvalue weighted by Gasteiger charge is -2.34. The zero-order valence-corrected chi connectivity index (χ0v) is 16.8. The van der Waals surface area contributed by atoms with Crippen LogP contribution in [-0.4, -0.2) is 72.4 Å². The number of piperidine rings is 1. The van der Waals surface area contributed by atoms with Crippen molar-refractivity contribution in [3.05, 3.63) is 35.4 Å². The average molecular weight is 416 g/mol. The van der Waals surface area contributed by atoms with Crippen molar-refractivity contribution in [3.63, 3.8) is 0 Å². The first kappa shape index (κ1) is 23.2. The standard InChI is InChI=1S/C18H26N2O2.C2HF3O2/c1-13-4-6-14(7-5-13)11-20-9-8-15-10-16(18(21)19(2)3)22-17(15)12-20;3-2(4,5)1(6)7/h4-7,15-17H,8-12H2,1-3H3;(H,6,7)/t15-,16+,17-;/m0./s1. The second-order valence-corrected chi connectivity index (χ2v) is 7.70. The summed E-state index contributed by atoms with van der Waals surface area (Å²) in [6, 6.07) is 8.74. The minimum atomic E-state index is -5.08. The van der Waals surface area contributed by atoms with Gasteiger partial charge in [0.05, 0.1) is 6.10 Å². The summed E-state index contributed by atoms with van der Waals surface area (Å²) in [5, 5.41) is 7.12. The summed E-state index contributed by atoms with van der Waals surface area (Å²) in [6.07, 6.45) is -3.08. The Bertz CT molecular complexity index is 707. The van der Waals surface area contributed by atoms with Crippen LogP contribution >= 0.6 is 0 Å². The van der Waals surface area contributed by atoms with E-state index in [0.29, 0.717) is 5.92 Å². The molecule has 0 unspecified atom stereocenters. The number of benzene rings is 1. The molecule has 2 heterocycles. The lowest BCUT2D eigenvalue weighted by Crippen LogP contribution is -2.42. The van der Waals surface area contributed by atoms with E-state index < -0.39 is 12.1 Å². The third-order valence-corrected chi connectivity index (χ3v) is 5.12. The molecule has 6 nitrogen and oxygen atoms in total. The number of carbonyl (C=O) groups excluding carboxylic acids is 1. The number of alkyl halides is 3. The summed E-state index contributed by atoms with van der Waals surface area (Å²) >= 11 is 0. The first-order chi connectivity index (χ1) is 13.5. The Morgan fingerprint density at radius 2 is 1.83 bits per heavy atom. The van der Waals surface area contributed by atoms with E-state index >= 15 is 0 Å². The molecular formula is C20H27F3N2O4. The molecule has 0 saturated carbocycles. The first-order valence-electron chi connectivity index (χ1n) is 9.42. The number of hydrogen-bond acceptors (Lipinski definition) is 4. The van der Waals surface area contributed by atoms with Crippen LogP contribution in [0.15, 0.2) is 24.3 Å². The fourth-order valence-electron chi connectivity index (χ4n) is 3.54. The van der Waals surface area contributed by atoms with Gasteiger partial charge in [-0.1, -0.05) is 29.8 Å². The zero-order chi connectivity index (χ0) is 21.8. The summed E-state index contributed by atoms with van der Waals surface area (Å²) in [5.74, 6) is -2.10. The Morgan fingerprint density at radius 3 is 2.34 bits per heavy atom. The minimum absolute atomic E-state index is 0.111. The van der Waals surface area contributed by atoms with Gasteiger partial charge in [0.15, 0.2) is 0 Å². The summed E-state index contributed by atoms with van der Waals surface area (Å²) in [5.41, 5.74) is 2.65. The maximum atomic E-state index is 12.1. The van der Waals surface area contributed by atoms with Gasteiger partial charge in [-0.2, -0.15) is 13.2 Å². The summed E-state index contributed by atoms with van der Waals surface area (Å²) in [4.78, 5) is 25.1. The highest BCUT2D eigenvalue weighted by atomic mass is 19.4. The van der Waals surface area contributed by atoms with Gasteiger partial charge in [0.1, 0.15) is 6.10 Å². The maximum absolute atomic E-state index is 12.1. The summed E-state index contributed by atoms with van der Waals surface area (Å²) in [6.45, 7) is 5.12. The van der Waals surface area contributed by atoms with Crippen LogP contribution in [-0.2, 0) is 20.9 Å². The largest absolute Gasteiger partial charge is 0.490 e. The Morgan fingerprint density at radius 1 is 1.24 bits per heavy atom. The van der Waals surface area contributed by atoms with Crippen LogP contribution in [0.25, 0.3) is 0 Å². The van der Waals surface area contributed by atoms with Crippen LogP contribution in [0.5, 0.6) is 0 Å². The fourth-order valence-corrected chi connectivity index (χ4v) is 3.54. The van der Waals surface area contributed by atoms with Gasteiger partial charge in [-0.25, -0.2) is 4.79 Å². The predicted octanol–water partition coefficient (Wildman–Crippen LogP) is 2.70. The number of likely N-dealkylation sites (N-methyl/N-ethyl adjacent to an activating group) is 1. The van der Waals surface area contributed by atoms with E-state index in [-0.39, 0.29) is 18.1 Å². The highest BCUT2D eigenvalue weighted by Crippen LogP contribution is 2.34. The number of ether oxygens (including phenoxy) is 1. The van der Waals surface area contributed by atoms with Crippen molar-refractivity contribution in [1.29, 1.82) is 0 Å². The van der Waals surface area contributed by atoms with E-state index in [2.05, 4.69) is 36.1 Å². The molecule has 0 radical (unpaired) electrons. The van der Waals surface area contributed by atoms with Crippen molar-refractivity contribution >= 4 is 11.9 Å². The van der Waals surface area contributed by atoms with Crippen molar-refractivity contribution in [2.24, 2.45) is 5.92 Å². The van der Waals surface area contributed by atoms with E-state index in [1.54, 1.807) is 19.0 Å². The highest BCUT2D eigenvalue weighted by Gasteiger charge is 2.42. The van der Waals surface area contributed by atoms with Gasteiger partial charge < -0.3 is 14.7 Å². The van der Waals surface area contributed by atoms with Gasteiger partial charge in [-0.05, 0) is 37.8 Å². The van der Waals surface area contributed by atoms with E-state index in [0.717, 1.165) is 32.5 Å². The van der Waals surface area contributed by atoms with Crippen molar-refractivity contribution in [2.45, 2.75) is 44.7 Å². The molecule has 2 fully saturated rings. The Balaban J connectivity index is 0.000000370. The van der Waals surface area contributed by atoms with Gasteiger partial charge in [-0.3, -0.25) is 9.69 Å². The van der Waals surface area contributed by atoms with Crippen LogP contribution in [0.3, 0.4) is 0 Å². The number of aliphatic carboxylic acids is 1. The van der Waals surface area contributed by atoms with E-state index in [1.165, 1.54) is 11.1 Å². The maximum Gasteiger partial charge on any atom is 0.490 e. The zero-order valence-electron chi connectivity index (χ0n) is 16.8. The van der Waals surface area contributed by atoms with Crippen molar-refractivity contribution in [2.75, 3.05) is 27.2 Å². The van der Waals surface area contributed by atoms with Gasteiger partial charge in [0.25, 0.3) is 5.91 Å². The molecule has 1 aromatic rings. The highest BCUT2D eigenvalue weighted by molar-refractivity contribution is 5.80. The monoisotopic (exact) mass is 416 g/mol. The van der Waals surface area contributed by atoms with Crippen LogP contribution in [0.1, 0.15) is 24.0 Å². The van der Waals surface area contributed by atoms with Crippen LogP contribution in [0, 0.1) is 12.8 Å². The van der Waals surface area contributed by atoms with Crippen molar-refractivity contribution in [1.82, 2.24) is 9.80 Å². The molecule has 2 aliphatic rings. The number of carbonyl (C=O) groups is 2. The van der Waals surface area contributed by atoms with Gasteiger partial charge in [0, 0.05) is 27.2 Å². The molecule has 2 saturated heterocycles. The number of halogens is 3.